The number of amides is 3. The van der Waals surface area contributed by atoms with Gasteiger partial charge in [-0.25, -0.2) is 0 Å². The molecule has 0 bridgehead atoms. The van der Waals surface area contributed by atoms with Crippen LogP contribution in [-0.2, 0) is 33.4 Å². The number of nitrogens with one attached hydrogen (secondary N) is 1. The Kier molecular flexibility index (Phi) is 12.5. The van der Waals surface area contributed by atoms with Gasteiger partial charge < -0.3 is 24.6 Å². The Labute approximate surface area is 163 Å². The molecular formula is C18H28N2O8. The first-order valence-electron chi connectivity index (χ1n) is 9.26. The predicted molar refractivity (Wildman–Crippen MR) is 97.4 cm³/mol. The molecule has 0 aromatic rings. The molecule has 0 atom stereocenters. The maximum atomic E-state index is 11.5. The van der Waals surface area contributed by atoms with Crippen molar-refractivity contribution in [2.24, 2.45) is 0 Å². The third-order valence-electron chi connectivity index (χ3n) is 3.72. The molecule has 0 aromatic carbocycles. The zero-order chi connectivity index (χ0) is 20.6. The quantitative estimate of drug-likeness (QED) is 0.252. The summed E-state index contributed by atoms with van der Waals surface area (Å²) >= 11 is 0. The van der Waals surface area contributed by atoms with E-state index >= 15 is 0 Å². The van der Waals surface area contributed by atoms with Crippen LogP contribution in [0.4, 0.5) is 0 Å². The van der Waals surface area contributed by atoms with Crippen molar-refractivity contribution in [2.45, 2.75) is 25.7 Å². The number of carbonyl (C=O) groups is 4. The van der Waals surface area contributed by atoms with E-state index in [2.05, 4.69) is 5.32 Å². The van der Waals surface area contributed by atoms with Crippen LogP contribution in [0.15, 0.2) is 12.2 Å². The summed E-state index contributed by atoms with van der Waals surface area (Å²) in [5.74, 6) is -1.61. The van der Waals surface area contributed by atoms with Crippen molar-refractivity contribution in [3.05, 3.63) is 12.2 Å². The lowest BCUT2D eigenvalue weighted by molar-refractivity contribution is -0.138. The summed E-state index contributed by atoms with van der Waals surface area (Å²) in [6, 6.07) is 0. The summed E-state index contributed by atoms with van der Waals surface area (Å²) in [7, 11) is 0. The Morgan fingerprint density at radius 2 is 1.39 bits per heavy atom. The van der Waals surface area contributed by atoms with Gasteiger partial charge in [0.15, 0.2) is 0 Å². The molecule has 0 saturated heterocycles. The van der Waals surface area contributed by atoms with Crippen molar-refractivity contribution in [2.75, 3.05) is 52.7 Å². The first kappa shape index (κ1) is 23.7. The van der Waals surface area contributed by atoms with Gasteiger partial charge in [-0.3, -0.25) is 24.1 Å². The molecule has 10 heteroatoms. The zero-order valence-electron chi connectivity index (χ0n) is 15.9. The van der Waals surface area contributed by atoms with Crippen molar-refractivity contribution in [3.8, 4) is 0 Å². The molecule has 28 heavy (non-hydrogen) atoms. The molecule has 0 spiro atoms. The van der Waals surface area contributed by atoms with Crippen LogP contribution in [0.2, 0.25) is 0 Å². The Morgan fingerprint density at radius 3 is 2.00 bits per heavy atom. The SMILES string of the molecule is O=C(O)CCCCC(=O)NCCOCCOCCOCCN1C(=O)C=CC1=O. The van der Waals surface area contributed by atoms with Crippen LogP contribution in [0.5, 0.6) is 0 Å². The zero-order valence-corrected chi connectivity index (χ0v) is 15.9. The van der Waals surface area contributed by atoms with E-state index in [1.54, 1.807) is 0 Å². The van der Waals surface area contributed by atoms with Crippen molar-refractivity contribution in [1.82, 2.24) is 10.2 Å². The van der Waals surface area contributed by atoms with E-state index in [9.17, 15) is 19.2 Å². The maximum Gasteiger partial charge on any atom is 0.303 e. The lowest BCUT2D eigenvalue weighted by atomic mass is 10.2. The third-order valence-corrected chi connectivity index (χ3v) is 3.72. The Bertz CT molecular complexity index is 532. The number of ether oxygens (including phenoxy) is 3. The monoisotopic (exact) mass is 400 g/mol. The fourth-order valence-electron chi connectivity index (χ4n) is 2.26. The van der Waals surface area contributed by atoms with Gasteiger partial charge in [0.05, 0.1) is 46.2 Å². The van der Waals surface area contributed by atoms with Gasteiger partial charge in [0.25, 0.3) is 11.8 Å². The third kappa shape index (κ3) is 11.4. The second-order valence-corrected chi connectivity index (χ2v) is 5.95. The van der Waals surface area contributed by atoms with Crippen molar-refractivity contribution >= 4 is 23.7 Å². The predicted octanol–water partition coefficient (Wildman–Crippen LogP) is -0.278. The summed E-state index contributed by atoms with van der Waals surface area (Å²) in [4.78, 5) is 45.5. The molecule has 2 N–H and O–H groups in total. The first-order chi connectivity index (χ1) is 13.5. The number of aliphatic carboxylic acids is 1. The molecule has 10 nitrogen and oxygen atoms in total. The van der Waals surface area contributed by atoms with Gasteiger partial charge in [0, 0.05) is 31.5 Å². The number of carboxylic acid groups (broad SMARTS) is 1. The van der Waals surface area contributed by atoms with E-state index in [4.69, 9.17) is 19.3 Å². The molecule has 0 unspecified atom stereocenters. The molecule has 0 radical (unpaired) electrons. The Morgan fingerprint density at radius 1 is 0.857 bits per heavy atom. The van der Waals surface area contributed by atoms with E-state index < -0.39 is 5.97 Å². The lowest BCUT2D eigenvalue weighted by Gasteiger charge is -2.13. The Balaban J connectivity index is 1.79. The van der Waals surface area contributed by atoms with Gasteiger partial charge in [0.2, 0.25) is 5.91 Å². The first-order valence-corrected chi connectivity index (χ1v) is 9.26. The number of unbranched alkanes of at least 4 members (excludes halogenated alkanes) is 1. The normalized spacial score (nSPS) is 13.4. The second-order valence-electron chi connectivity index (χ2n) is 5.95. The highest BCUT2D eigenvalue weighted by Crippen LogP contribution is 2.02. The fourth-order valence-corrected chi connectivity index (χ4v) is 2.26. The van der Waals surface area contributed by atoms with E-state index in [1.165, 1.54) is 12.2 Å². The smallest absolute Gasteiger partial charge is 0.303 e. The number of rotatable bonds is 17. The number of carbonyl (C=O) groups excluding carboxylic acids is 3. The van der Waals surface area contributed by atoms with E-state index in [1.807, 2.05) is 0 Å². The van der Waals surface area contributed by atoms with Gasteiger partial charge in [-0.05, 0) is 12.8 Å². The van der Waals surface area contributed by atoms with Crippen molar-refractivity contribution in [1.29, 1.82) is 0 Å². The summed E-state index contributed by atoms with van der Waals surface area (Å²) in [6.07, 6.45) is 3.91. The molecule has 0 aliphatic carbocycles. The number of hydrogen-bond acceptors (Lipinski definition) is 7. The van der Waals surface area contributed by atoms with Crippen LogP contribution < -0.4 is 5.32 Å². The average Bonchev–Trinajstić information content (AvgIpc) is 2.97. The lowest BCUT2D eigenvalue weighted by Crippen LogP contribution is -2.33. The molecule has 1 rings (SSSR count). The van der Waals surface area contributed by atoms with Gasteiger partial charge >= 0.3 is 5.97 Å². The molecule has 158 valence electrons. The largest absolute Gasteiger partial charge is 0.481 e. The van der Waals surface area contributed by atoms with Crippen molar-refractivity contribution < 1.29 is 38.5 Å². The van der Waals surface area contributed by atoms with Crippen LogP contribution in [-0.4, -0.2) is 86.4 Å². The van der Waals surface area contributed by atoms with E-state index in [-0.39, 0.29) is 37.3 Å². The number of hydrogen-bond donors (Lipinski definition) is 2. The van der Waals surface area contributed by atoms with Crippen LogP contribution >= 0.6 is 0 Å². The average molecular weight is 400 g/mol. The number of imide groups is 1. The van der Waals surface area contributed by atoms with Gasteiger partial charge in [-0.2, -0.15) is 0 Å². The summed E-state index contributed by atoms with van der Waals surface area (Å²) in [5.41, 5.74) is 0. The number of carboxylic acids is 1. The van der Waals surface area contributed by atoms with E-state index in [0.29, 0.717) is 58.8 Å². The molecule has 0 fully saturated rings. The number of nitrogens with zero attached hydrogens (tertiary/aromatic N) is 1. The highest BCUT2D eigenvalue weighted by molar-refractivity contribution is 6.12. The maximum absolute atomic E-state index is 11.5. The van der Waals surface area contributed by atoms with Crippen LogP contribution in [0.1, 0.15) is 25.7 Å². The fraction of sp³-hybridized carbons (Fsp3) is 0.667. The van der Waals surface area contributed by atoms with E-state index in [0.717, 1.165) is 4.90 Å². The molecule has 3 amide bonds. The standard InChI is InChI=1S/C18H28N2O8/c21-15(3-1-2-4-18(24)25)19-7-9-26-11-13-28-14-12-27-10-8-20-16(22)5-6-17(20)23/h5-6H,1-4,7-14H2,(H,19,21)(H,24,25). The minimum atomic E-state index is -0.852. The Hall–Kier alpha value is -2.30. The minimum Gasteiger partial charge on any atom is -0.481 e. The van der Waals surface area contributed by atoms with Crippen LogP contribution in [0.3, 0.4) is 0 Å². The molecular weight excluding hydrogens is 372 g/mol. The molecule has 1 aliphatic heterocycles. The molecule has 0 saturated carbocycles. The van der Waals surface area contributed by atoms with Crippen molar-refractivity contribution in [3.63, 3.8) is 0 Å². The summed E-state index contributed by atoms with van der Waals surface area (Å²) < 4.78 is 15.9. The van der Waals surface area contributed by atoms with Gasteiger partial charge in [0.1, 0.15) is 0 Å². The molecule has 1 aliphatic rings. The van der Waals surface area contributed by atoms with Crippen LogP contribution in [0.25, 0.3) is 0 Å². The topological polar surface area (TPSA) is 131 Å². The minimum absolute atomic E-state index is 0.0801. The van der Waals surface area contributed by atoms with Crippen LogP contribution in [0, 0.1) is 0 Å². The second kappa shape index (κ2) is 14.7. The van der Waals surface area contributed by atoms with Gasteiger partial charge in [-0.15, -0.1) is 0 Å². The summed E-state index contributed by atoms with van der Waals surface area (Å²) in [5, 5.41) is 11.2. The van der Waals surface area contributed by atoms with Gasteiger partial charge in [-0.1, -0.05) is 0 Å². The molecule has 1 heterocycles. The highest BCUT2D eigenvalue weighted by Gasteiger charge is 2.22. The highest BCUT2D eigenvalue weighted by atomic mass is 16.5. The molecule has 0 aromatic heterocycles. The summed E-state index contributed by atoms with van der Waals surface area (Å²) in [6.45, 7) is 2.74.